The van der Waals surface area contributed by atoms with E-state index in [1.165, 1.54) is 5.56 Å². The van der Waals surface area contributed by atoms with Crippen molar-refractivity contribution < 1.29 is 4.79 Å². The summed E-state index contributed by atoms with van der Waals surface area (Å²) in [5.74, 6) is 0.235. The van der Waals surface area contributed by atoms with E-state index >= 15 is 0 Å². The number of benzene rings is 1. The third-order valence-electron chi connectivity index (χ3n) is 4.60. The Morgan fingerprint density at radius 2 is 1.95 bits per heavy atom. The first-order valence-electron chi connectivity index (χ1n) is 7.38. The van der Waals surface area contributed by atoms with Gasteiger partial charge in [0.25, 0.3) is 0 Å². The Labute approximate surface area is 126 Å². The lowest BCUT2D eigenvalue weighted by Crippen LogP contribution is -2.55. The smallest absolute Gasteiger partial charge is 0.230 e. The normalized spacial score (nSPS) is 24.1. The SMILES string of the molecule is Cl.O=C(N[C@H]1CCCNC1)C1(c2ccccc2)CCC1. The Bertz CT molecular complexity index is 439. The van der Waals surface area contributed by atoms with Crippen LogP contribution in [0.4, 0.5) is 0 Å². The van der Waals surface area contributed by atoms with Crippen LogP contribution in [0.25, 0.3) is 0 Å². The summed E-state index contributed by atoms with van der Waals surface area (Å²) in [4.78, 5) is 12.7. The second kappa shape index (κ2) is 6.59. The number of hydrogen-bond donors (Lipinski definition) is 2. The molecule has 2 fully saturated rings. The zero-order valence-corrected chi connectivity index (χ0v) is 12.5. The molecule has 3 rings (SSSR count). The molecule has 1 aromatic carbocycles. The van der Waals surface area contributed by atoms with Crippen molar-refractivity contribution in [2.45, 2.75) is 43.6 Å². The van der Waals surface area contributed by atoms with Crippen LogP contribution < -0.4 is 10.6 Å². The molecule has 2 aliphatic rings. The first kappa shape index (κ1) is 15.3. The molecule has 0 unspecified atom stereocenters. The quantitative estimate of drug-likeness (QED) is 0.899. The van der Waals surface area contributed by atoms with Crippen LogP contribution in [0.3, 0.4) is 0 Å². The van der Waals surface area contributed by atoms with Crippen LogP contribution in [0.15, 0.2) is 30.3 Å². The molecule has 1 amide bonds. The molecule has 1 aliphatic carbocycles. The highest BCUT2D eigenvalue weighted by molar-refractivity contribution is 5.89. The number of carbonyl (C=O) groups is 1. The van der Waals surface area contributed by atoms with Gasteiger partial charge in [-0.1, -0.05) is 36.8 Å². The van der Waals surface area contributed by atoms with Gasteiger partial charge in [-0.2, -0.15) is 0 Å². The maximum Gasteiger partial charge on any atom is 0.230 e. The minimum atomic E-state index is -0.251. The second-order valence-electron chi connectivity index (χ2n) is 5.82. The Morgan fingerprint density at radius 3 is 2.50 bits per heavy atom. The third kappa shape index (κ3) is 2.84. The molecular formula is C16H23ClN2O. The predicted molar refractivity (Wildman–Crippen MR) is 83.3 cm³/mol. The Kier molecular flexibility index (Phi) is 5.06. The molecule has 2 N–H and O–H groups in total. The van der Waals surface area contributed by atoms with Crippen molar-refractivity contribution >= 4 is 18.3 Å². The van der Waals surface area contributed by atoms with Crippen LogP contribution in [0.1, 0.15) is 37.7 Å². The van der Waals surface area contributed by atoms with Gasteiger partial charge in [-0.05, 0) is 37.8 Å². The lowest BCUT2D eigenvalue weighted by Gasteiger charge is -2.42. The third-order valence-corrected chi connectivity index (χ3v) is 4.60. The second-order valence-corrected chi connectivity index (χ2v) is 5.82. The maximum absolute atomic E-state index is 12.7. The molecular weight excluding hydrogens is 272 g/mol. The van der Waals surface area contributed by atoms with E-state index in [-0.39, 0.29) is 23.7 Å². The summed E-state index contributed by atoms with van der Waals surface area (Å²) in [5.41, 5.74) is 0.932. The Morgan fingerprint density at radius 1 is 1.20 bits per heavy atom. The monoisotopic (exact) mass is 294 g/mol. The van der Waals surface area contributed by atoms with Crippen molar-refractivity contribution in [1.29, 1.82) is 0 Å². The largest absolute Gasteiger partial charge is 0.351 e. The van der Waals surface area contributed by atoms with Crippen LogP contribution >= 0.6 is 12.4 Å². The van der Waals surface area contributed by atoms with Gasteiger partial charge in [0, 0.05) is 12.6 Å². The lowest BCUT2D eigenvalue weighted by molar-refractivity contribution is -0.130. The van der Waals surface area contributed by atoms with E-state index in [1.807, 2.05) is 18.2 Å². The molecule has 1 saturated heterocycles. The fourth-order valence-electron chi connectivity index (χ4n) is 3.23. The van der Waals surface area contributed by atoms with E-state index in [4.69, 9.17) is 0 Å². The topological polar surface area (TPSA) is 41.1 Å². The molecule has 1 aromatic rings. The van der Waals surface area contributed by atoms with Crippen LogP contribution in [0.2, 0.25) is 0 Å². The van der Waals surface area contributed by atoms with Crippen molar-refractivity contribution in [2.24, 2.45) is 0 Å². The van der Waals surface area contributed by atoms with E-state index in [0.29, 0.717) is 6.04 Å². The molecule has 0 aromatic heterocycles. The number of carbonyl (C=O) groups excluding carboxylic acids is 1. The molecule has 0 spiro atoms. The van der Waals surface area contributed by atoms with E-state index in [0.717, 1.165) is 45.2 Å². The maximum atomic E-state index is 12.7. The molecule has 0 bridgehead atoms. The van der Waals surface area contributed by atoms with Gasteiger partial charge in [0.15, 0.2) is 0 Å². The highest BCUT2D eigenvalue weighted by atomic mass is 35.5. The molecule has 1 saturated carbocycles. The van der Waals surface area contributed by atoms with Crippen LogP contribution in [-0.4, -0.2) is 25.0 Å². The minimum absolute atomic E-state index is 0. The fourth-order valence-corrected chi connectivity index (χ4v) is 3.23. The zero-order valence-electron chi connectivity index (χ0n) is 11.7. The summed E-state index contributed by atoms with van der Waals surface area (Å²) in [6, 6.07) is 10.6. The summed E-state index contributed by atoms with van der Waals surface area (Å²) in [7, 11) is 0. The number of rotatable bonds is 3. The standard InChI is InChI=1S/C16H22N2O.ClH/c19-15(18-14-8-4-11-17-12-14)16(9-5-10-16)13-6-2-1-3-7-13;/h1-3,6-7,14,17H,4-5,8-12H2,(H,18,19);1H/t14-;/m0./s1. The van der Waals surface area contributed by atoms with Gasteiger partial charge in [0.2, 0.25) is 5.91 Å². The number of hydrogen-bond acceptors (Lipinski definition) is 2. The summed E-state index contributed by atoms with van der Waals surface area (Å²) in [6.45, 7) is 1.99. The van der Waals surface area contributed by atoms with Gasteiger partial charge in [-0.15, -0.1) is 12.4 Å². The van der Waals surface area contributed by atoms with Crippen LogP contribution in [0, 0.1) is 0 Å². The summed E-state index contributed by atoms with van der Waals surface area (Å²) < 4.78 is 0. The summed E-state index contributed by atoms with van der Waals surface area (Å²) in [5, 5.41) is 6.61. The van der Waals surface area contributed by atoms with Crippen molar-refractivity contribution in [1.82, 2.24) is 10.6 Å². The Hall–Kier alpha value is -1.06. The zero-order chi connectivity index (χ0) is 13.1. The molecule has 1 heterocycles. The van der Waals surface area contributed by atoms with Gasteiger partial charge < -0.3 is 10.6 Å². The average molecular weight is 295 g/mol. The molecule has 3 nitrogen and oxygen atoms in total. The minimum Gasteiger partial charge on any atom is -0.351 e. The van der Waals surface area contributed by atoms with E-state index in [9.17, 15) is 4.79 Å². The highest BCUT2D eigenvalue weighted by Crippen LogP contribution is 2.44. The molecule has 0 radical (unpaired) electrons. The van der Waals surface area contributed by atoms with Crippen molar-refractivity contribution in [3.8, 4) is 0 Å². The predicted octanol–water partition coefficient (Wildman–Crippen LogP) is 2.40. The number of piperidine rings is 1. The van der Waals surface area contributed by atoms with Crippen molar-refractivity contribution in [2.75, 3.05) is 13.1 Å². The van der Waals surface area contributed by atoms with Gasteiger partial charge >= 0.3 is 0 Å². The van der Waals surface area contributed by atoms with Crippen LogP contribution in [-0.2, 0) is 10.2 Å². The van der Waals surface area contributed by atoms with E-state index in [1.54, 1.807) is 0 Å². The van der Waals surface area contributed by atoms with Gasteiger partial charge in [0.05, 0.1) is 5.41 Å². The van der Waals surface area contributed by atoms with Crippen LogP contribution in [0.5, 0.6) is 0 Å². The van der Waals surface area contributed by atoms with Gasteiger partial charge in [-0.3, -0.25) is 4.79 Å². The van der Waals surface area contributed by atoms with Gasteiger partial charge in [-0.25, -0.2) is 0 Å². The Balaban J connectivity index is 0.00000147. The summed E-state index contributed by atoms with van der Waals surface area (Å²) >= 11 is 0. The van der Waals surface area contributed by atoms with Crippen molar-refractivity contribution in [3.05, 3.63) is 35.9 Å². The van der Waals surface area contributed by atoms with E-state index < -0.39 is 0 Å². The molecule has 20 heavy (non-hydrogen) atoms. The first-order chi connectivity index (χ1) is 9.31. The summed E-state index contributed by atoms with van der Waals surface area (Å²) in [6.07, 6.45) is 5.39. The number of halogens is 1. The lowest BCUT2D eigenvalue weighted by atomic mass is 9.63. The van der Waals surface area contributed by atoms with E-state index in [2.05, 4.69) is 22.8 Å². The molecule has 1 aliphatic heterocycles. The number of nitrogens with one attached hydrogen (secondary N) is 2. The molecule has 4 heteroatoms. The fraction of sp³-hybridized carbons (Fsp3) is 0.562. The number of amides is 1. The molecule has 110 valence electrons. The molecule has 1 atom stereocenters. The average Bonchev–Trinajstić information content (AvgIpc) is 2.40. The first-order valence-corrected chi connectivity index (χ1v) is 7.38. The van der Waals surface area contributed by atoms with Gasteiger partial charge in [0.1, 0.15) is 0 Å². The van der Waals surface area contributed by atoms with Crippen molar-refractivity contribution in [3.63, 3.8) is 0 Å². The highest BCUT2D eigenvalue weighted by Gasteiger charge is 2.45.